The Morgan fingerprint density at radius 3 is 2.55 bits per heavy atom. The number of benzene rings is 1. The summed E-state index contributed by atoms with van der Waals surface area (Å²) in [6.45, 7) is 0.822. The van der Waals surface area contributed by atoms with E-state index in [2.05, 4.69) is 26.2 Å². The third-order valence-corrected chi connectivity index (χ3v) is 3.53. The molecule has 0 atom stereocenters. The number of hydrogen-bond donors (Lipinski definition) is 2. The van der Waals surface area contributed by atoms with Gasteiger partial charge in [0.05, 0.1) is 16.6 Å². The highest BCUT2D eigenvalue weighted by Gasteiger charge is 2.21. The van der Waals surface area contributed by atoms with Crippen molar-refractivity contribution < 1.29 is 4.74 Å². The van der Waals surface area contributed by atoms with Crippen LogP contribution in [0.3, 0.4) is 0 Å². The molecule has 0 unspecified atom stereocenters. The molecule has 0 radical (unpaired) electrons. The highest BCUT2D eigenvalue weighted by atomic mass is 127. The van der Waals surface area contributed by atoms with Gasteiger partial charge >= 0.3 is 0 Å². The molecule has 1 saturated carbocycles. The highest BCUT2D eigenvalue weighted by Crippen LogP contribution is 2.35. The number of nitrogens with zero attached hydrogens (tertiary/aromatic N) is 1. The molecule has 0 amide bonds. The van der Waals surface area contributed by atoms with Crippen LogP contribution in [0.4, 0.5) is 0 Å². The zero-order chi connectivity index (χ0) is 13.8. The van der Waals surface area contributed by atoms with Gasteiger partial charge in [0.2, 0.25) is 0 Å². The smallest absolute Gasteiger partial charge is 0.188 e. The molecule has 0 saturated heterocycles. The second kappa shape index (κ2) is 8.51. The van der Waals surface area contributed by atoms with E-state index >= 15 is 0 Å². The van der Waals surface area contributed by atoms with E-state index in [1.807, 2.05) is 0 Å². The Kier molecular flexibility index (Phi) is 7.71. The van der Waals surface area contributed by atoms with Crippen LogP contribution in [0.5, 0.6) is 5.75 Å². The van der Waals surface area contributed by atoms with E-state index in [1.54, 1.807) is 12.1 Å². The fourth-order valence-electron chi connectivity index (χ4n) is 1.46. The normalized spacial score (nSPS) is 14.7. The standard InChI is InChI=1S/C12H14BrCl2N3O.HI/c13-7-5-9(14)11(10(15)6-7)19-4-3-17-12(16)18-8-1-2-8;/h5-6,8H,1-4H2,(H3,16,17,18);1H. The largest absolute Gasteiger partial charge is 0.489 e. The number of aliphatic imine (C=N–C) groups is 1. The first-order valence-electron chi connectivity index (χ1n) is 5.90. The Morgan fingerprint density at radius 2 is 2.00 bits per heavy atom. The van der Waals surface area contributed by atoms with Crippen molar-refractivity contribution in [3.63, 3.8) is 0 Å². The van der Waals surface area contributed by atoms with Crippen molar-refractivity contribution in [2.75, 3.05) is 13.2 Å². The van der Waals surface area contributed by atoms with Crippen LogP contribution >= 0.6 is 63.1 Å². The second-order valence-corrected chi connectivity index (χ2v) is 5.96. The molecule has 0 aliphatic heterocycles. The summed E-state index contributed by atoms with van der Waals surface area (Å²) in [5.74, 6) is 0.926. The quantitative estimate of drug-likeness (QED) is 0.283. The molecule has 3 N–H and O–H groups in total. The summed E-state index contributed by atoms with van der Waals surface area (Å²) in [6.07, 6.45) is 2.33. The summed E-state index contributed by atoms with van der Waals surface area (Å²) >= 11 is 15.4. The Bertz CT molecular complexity index is 475. The number of ether oxygens (including phenoxy) is 1. The molecule has 0 heterocycles. The minimum absolute atomic E-state index is 0. The Hall–Kier alpha value is 0.0800. The molecule has 1 aliphatic rings. The van der Waals surface area contributed by atoms with Crippen molar-refractivity contribution in [2.45, 2.75) is 18.9 Å². The number of rotatable bonds is 5. The minimum atomic E-state index is 0. The highest BCUT2D eigenvalue weighted by molar-refractivity contribution is 14.0. The van der Waals surface area contributed by atoms with E-state index < -0.39 is 0 Å². The van der Waals surface area contributed by atoms with Gasteiger partial charge in [-0.3, -0.25) is 0 Å². The van der Waals surface area contributed by atoms with Gasteiger partial charge in [-0.2, -0.15) is 0 Å². The molecule has 0 bridgehead atoms. The van der Waals surface area contributed by atoms with E-state index in [9.17, 15) is 0 Å². The Morgan fingerprint density at radius 1 is 1.40 bits per heavy atom. The van der Waals surface area contributed by atoms with E-state index in [-0.39, 0.29) is 24.0 Å². The maximum Gasteiger partial charge on any atom is 0.188 e. The van der Waals surface area contributed by atoms with E-state index in [1.165, 1.54) is 0 Å². The lowest BCUT2D eigenvalue weighted by atomic mass is 10.3. The molecule has 4 nitrogen and oxygen atoms in total. The lowest BCUT2D eigenvalue weighted by Gasteiger charge is -2.09. The fourth-order valence-corrected chi connectivity index (χ4v) is 2.78. The van der Waals surface area contributed by atoms with Gasteiger partial charge in [-0.1, -0.05) is 39.1 Å². The number of nitrogens with one attached hydrogen (secondary N) is 1. The topological polar surface area (TPSA) is 59.6 Å². The first-order chi connectivity index (χ1) is 9.06. The summed E-state index contributed by atoms with van der Waals surface area (Å²) in [7, 11) is 0. The van der Waals surface area contributed by atoms with Crippen LogP contribution in [0.15, 0.2) is 21.6 Å². The van der Waals surface area contributed by atoms with Gasteiger partial charge in [0.25, 0.3) is 0 Å². The Labute approximate surface area is 153 Å². The average Bonchev–Trinajstić information content (AvgIpc) is 3.10. The zero-order valence-corrected chi connectivity index (χ0v) is 16.0. The lowest BCUT2D eigenvalue weighted by Crippen LogP contribution is -2.33. The SMILES string of the molecule is I.NC(=NCCOc1c(Cl)cc(Br)cc1Cl)NC1CC1. The zero-order valence-electron chi connectivity index (χ0n) is 10.5. The van der Waals surface area contributed by atoms with E-state index in [4.69, 9.17) is 33.7 Å². The monoisotopic (exact) mass is 493 g/mol. The van der Waals surface area contributed by atoms with Crippen molar-refractivity contribution in [2.24, 2.45) is 10.7 Å². The van der Waals surface area contributed by atoms with E-state index in [0.29, 0.717) is 40.9 Å². The van der Waals surface area contributed by atoms with Crippen molar-refractivity contribution in [3.8, 4) is 5.75 Å². The average molecular weight is 495 g/mol. The second-order valence-electron chi connectivity index (χ2n) is 4.23. The van der Waals surface area contributed by atoms with Gasteiger partial charge in [-0.25, -0.2) is 4.99 Å². The number of halogens is 4. The van der Waals surface area contributed by atoms with Crippen LogP contribution in [0.2, 0.25) is 10.0 Å². The third-order valence-electron chi connectivity index (χ3n) is 2.51. The minimum Gasteiger partial charge on any atom is -0.489 e. The number of nitrogens with two attached hydrogens (primary N) is 1. The predicted molar refractivity (Wildman–Crippen MR) is 97.7 cm³/mol. The fraction of sp³-hybridized carbons (Fsp3) is 0.417. The summed E-state index contributed by atoms with van der Waals surface area (Å²) in [4.78, 5) is 4.16. The van der Waals surface area contributed by atoms with E-state index in [0.717, 1.165) is 17.3 Å². The van der Waals surface area contributed by atoms with Gasteiger partial charge in [-0.05, 0) is 25.0 Å². The summed E-state index contributed by atoms with van der Waals surface area (Å²) in [6, 6.07) is 3.96. The lowest BCUT2D eigenvalue weighted by molar-refractivity contribution is 0.329. The summed E-state index contributed by atoms with van der Waals surface area (Å²) in [5, 5.41) is 4.03. The van der Waals surface area contributed by atoms with Crippen LogP contribution < -0.4 is 15.8 Å². The van der Waals surface area contributed by atoms with Crippen molar-refractivity contribution in [1.82, 2.24) is 5.32 Å². The van der Waals surface area contributed by atoms with Crippen molar-refractivity contribution >= 4 is 69.1 Å². The number of hydrogen-bond acceptors (Lipinski definition) is 2. The molecule has 1 aromatic rings. The molecule has 20 heavy (non-hydrogen) atoms. The van der Waals surface area contributed by atoms with Crippen LogP contribution in [0, 0.1) is 0 Å². The molecule has 8 heteroatoms. The molecule has 2 rings (SSSR count). The van der Waals surface area contributed by atoms with Crippen LogP contribution in [-0.4, -0.2) is 25.2 Å². The summed E-state index contributed by atoms with van der Waals surface area (Å²) < 4.78 is 6.33. The van der Waals surface area contributed by atoms with Crippen molar-refractivity contribution in [1.29, 1.82) is 0 Å². The van der Waals surface area contributed by atoms with Crippen LogP contribution in [-0.2, 0) is 0 Å². The summed E-state index contributed by atoms with van der Waals surface area (Å²) in [5.41, 5.74) is 5.70. The molecule has 0 spiro atoms. The maximum absolute atomic E-state index is 6.04. The first-order valence-corrected chi connectivity index (χ1v) is 7.45. The Balaban J connectivity index is 0.00000200. The maximum atomic E-state index is 6.04. The van der Waals surface area contributed by atoms with Crippen LogP contribution in [0.25, 0.3) is 0 Å². The third kappa shape index (κ3) is 5.83. The van der Waals surface area contributed by atoms with Gasteiger partial charge in [-0.15, -0.1) is 24.0 Å². The first kappa shape index (κ1) is 18.1. The molecule has 0 aromatic heterocycles. The predicted octanol–water partition coefficient (Wildman–Crippen LogP) is 3.82. The molecular formula is C12H15BrCl2IN3O. The molecule has 1 aromatic carbocycles. The molecular weight excluding hydrogens is 480 g/mol. The molecule has 1 aliphatic carbocycles. The van der Waals surface area contributed by atoms with Gasteiger partial charge in [0.15, 0.2) is 11.7 Å². The molecule has 112 valence electrons. The van der Waals surface area contributed by atoms with Gasteiger partial charge in [0, 0.05) is 10.5 Å². The van der Waals surface area contributed by atoms with Crippen molar-refractivity contribution in [3.05, 3.63) is 26.7 Å². The molecule has 1 fully saturated rings. The van der Waals surface area contributed by atoms with Crippen LogP contribution in [0.1, 0.15) is 12.8 Å². The number of guanidine groups is 1. The van der Waals surface area contributed by atoms with Gasteiger partial charge in [0.1, 0.15) is 6.61 Å². The van der Waals surface area contributed by atoms with Gasteiger partial charge < -0.3 is 15.8 Å².